The molecule has 0 aliphatic heterocycles. The normalized spacial score (nSPS) is 10.8. The summed E-state index contributed by atoms with van der Waals surface area (Å²) in [7, 11) is 0. The second-order valence-corrected chi connectivity index (χ2v) is 5.94. The Hall–Kier alpha value is -3.25. The number of anilines is 1. The first-order valence-corrected chi connectivity index (χ1v) is 8.17. The largest absolute Gasteiger partial charge is 0.329 e. The van der Waals surface area contributed by atoms with Crippen molar-refractivity contribution in [2.75, 3.05) is 5.32 Å². The van der Waals surface area contributed by atoms with E-state index in [1.54, 1.807) is 24.3 Å². The molecule has 0 saturated carbocycles. The highest BCUT2D eigenvalue weighted by Gasteiger charge is 2.13. The van der Waals surface area contributed by atoms with E-state index in [9.17, 15) is 9.59 Å². The molecule has 130 valence electrons. The van der Waals surface area contributed by atoms with Crippen molar-refractivity contribution in [3.63, 3.8) is 0 Å². The molecule has 0 bridgehead atoms. The highest BCUT2D eigenvalue weighted by Crippen LogP contribution is 2.18. The predicted octanol–water partition coefficient (Wildman–Crippen LogP) is 3.29. The summed E-state index contributed by atoms with van der Waals surface area (Å²) in [5.41, 5.74) is 4.98. The average Bonchev–Trinajstić information content (AvgIpc) is 2.62. The zero-order valence-corrected chi connectivity index (χ0v) is 14.6. The van der Waals surface area contributed by atoms with Gasteiger partial charge in [0.25, 0.3) is 0 Å². The molecular formula is C19H15ClN4O2. The summed E-state index contributed by atoms with van der Waals surface area (Å²) >= 11 is 6.11. The number of aryl methyl sites for hydroxylation is 1. The first-order valence-electron chi connectivity index (χ1n) is 7.79. The maximum Gasteiger partial charge on any atom is 0.329 e. The fourth-order valence-corrected chi connectivity index (χ4v) is 2.52. The highest BCUT2D eigenvalue weighted by molar-refractivity contribution is 6.39. The van der Waals surface area contributed by atoms with Crippen LogP contribution in [0.5, 0.6) is 0 Å². The SMILES string of the molecule is Cc1cccc(NC(=O)C(=O)N/N=C/c2cc3ccccc3nc2Cl)c1. The quantitative estimate of drug-likeness (QED) is 0.323. The van der Waals surface area contributed by atoms with Gasteiger partial charge in [0.05, 0.1) is 11.7 Å². The third-order valence-electron chi connectivity index (χ3n) is 3.56. The Labute approximate surface area is 154 Å². The van der Waals surface area contributed by atoms with Gasteiger partial charge in [0.2, 0.25) is 0 Å². The number of nitrogens with zero attached hydrogens (tertiary/aromatic N) is 2. The molecule has 3 aromatic rings. The monoisotopic (exact) mass is 366 g/mol. The van der Waals surface area contributed by atoms with Crippen LogP contribution in [-0.4, -0.2) is 23.0 Å². The number of hydrazone groups is 1. The van der Waals surface area contributed by atoms with Gasteiger partial charge in [0.15, 0.2) is 0 Å². The fourth-order valence-electron chi connectivity index (χ4n) is 2.32. The molecule has 2 amide bonds. The van der Waals surface area contributed by atoms with Crippen molar-refractivity contribution in [3.8, 4) is 0 Å². The van der Waals surface area contributed by atoms with Gasteiger partial charge in [-0.15, -0.1) is 0 Å². The number of para-hydroxylation sites is 1. The van der Waals surface area contributed by atoms with Crippen molar-refractivity contribution in [2.45, 2.75) is 6.92 Å². The Morgan fingerprint density at radius 3 is 2.69 bits per heavy atom. The molecule has 1 aromatic heterocycles. The molecule has 0 radical (unpaired) electrons. The Morgan fingerprint density at radius 2 is 1.88 bits per heavy atom. The van der Waals surface area contributed by atoms with Crippen LogP contribution in [0.1, 0.15) is 11.1 Å². The summed E-state index contributed by atoms with van der Waals surface area (Å²) in [4.78, 5) is 28.0. The van der Waals surface area contributed by atoms with Gasteiger partial charge >= 0.3 is 11.8 Å². The van der Waals surface area contributed by atoms with Gasteiger partial charge in [-0.25, -0.2) is 10.4 Å². The lowest BCUT2D eigenvalue weighted by Gasteiger charge is -2.05. The van der Waals surface area contributed by atoms with Crippen LogP contribution in [0.4, 0.5) is 5.69 Å². The lowest BCUT2D eigenvalue weighted by molar-refractivity contribution is -0.136. The minimum Gasteiger partial charge on any atom is -0.318 e. The molecule has 0 aliphatic carbocycles. The number of fused-ring (bicyclic) bond motifs is 1. The second kappa shape index (κ2) is 7.76. The fraction of sp³-hybridized carbons (Fsp3) is 0.0526. The molecule has 7 heteroatoms. The van der Waals surface area contributed by atoms with Gasteiger partial charge in [0, 0.05) is 16.6 Å². The van der Waals surface area contributed by atoms with E-state index in [1.807, 2.05) is 37.3 Å². The molecule has 0 fully saturated rings. The Balaban J connectivity index is 1.65. The molecule has 0 aliphatic rings. The second-order valence-electron chi connectivity index (χ2n) is 5.58. The topological polar surface area (TPSA) is 83.5 Å². The van der Waals surface area contributed by atoms with Crippen LogP contribution < -0.4 is 10.7 Å². The molecule has 3 rings (SSSR count). The van der Waals surface area contributed by atoms with E-state index in [2.05, 4.69) is 20.8 Å². The van der Waals surface area contributed by atoms with E-state index in [0.29, 0.717) is 11.3 Å². The number of halogens is 1. The molecule has 0 spiro atoms. The summed E-state index contributed by atoms with van der Waals surface area (Å²) in [6, 6.07) is 16.4. The number of hydrogen-bond acceptors (Lipinski definition) is 4. The zero-order chi connectivity index (χ0) is 18.5. The van der Waals surface area contributed by atoms with Gasteiger partial charge in [-0.1, -0.05) is 41.9 Å². The number of nitrogens with one attached hydrogen (secondary N) is 2. The molecule has 0 unspecified atom stereocenters. The zero-order valence-electron chi connectivity index (χ0n) is 13.9. The summed E-state index contributed by atoms with van der Waals surface area (Å²) in [5, 5.41) is 7.43. The lowest BCUT2D eigenvalue weighted by Crippen LogP contribution is -2.32. The van der Waals surface area contributed by atoms with Crippen molar-refractivity contribution in [1.82, 2.24) is 10.4 Å². The van der Waals surface area contributed by atoms with E-state index in [-0.39, 0.29) is 5.15 Å². The summed E-state index contributed by atoms with van der Waals surface area (Å²) in [5.74, 6) is -1.69. The number of benzene rings is 2. The maximum absolute atomic E-state index is 11.9. The Kier molecular flexibility index (Phi) is 5.24. The van der Waals surface area contributed by atoms with Crippen molar-refractivity contribution in [1.29, 1.82) is 0 Å². The number of aromatic nitrogens is 1. The van der Waals surface area contributed by atoms with E-state index in [4.69, 9.17) is 11.6 Å². The molecule has 0 atom stereocenters. The smallest absolute Gasteiger partial charge is 0.318 e. The molecule has 2 N–H and O–H groups in total. The third kappa shape index (κ3) is 4.23. The first-order chi connectivity index (χ1) is 12.5. The van der Waals surface area contributed by atoms with Crippen LogP contribution in [0.15, 0.2) is 59.7 Å². The van der Waals surface area contributed by atoms with Crippen molar-refractivity contribution in [3.05, 3.63) is 70.9 Å². The Morgan fingerprint density at radius 1 is 1.08 bits per heavy atom. The van der Waals surface area contributed by atoms with Crippen LogP contribution in [0.3, 0.4) is 0 Å². The first kappa shape index (κ1) is 17.6. The van der Waals surface area contributed by atoms with Gasteiger partial charge < -0.3 is 5.32 Å². The van der Waals surface area contributed by atoms with Crippen LogP contribution in [0.25, 0.3) is 10.9 Å². The summed E-state index contributed by atoms with van der Waals surface area (Å²) < 4.78 is 0. The van der Waals surface area contributed by atoms with Crippen LogP contribution >= 0.6 is 11.6 Å². The molecule has 2 aromatic carbocycles. The van der Waals surface area contributed by atoms with E-state index in [1.165, 1.54) is 6.21 Å². The number of pyridine rings is 1. The van der Waals surface area contributed by atoms with Crippen LogP contribution in [0.2, 0.25) is 5.15 Å². The molecule has 0 saturated heterocycles. The van der Waals surface area contributed by atoms with Crippen LogP contribution in [-0.2, 0) is 9.59 Å². The third-order valence-corrected chi connectivity index (χ3v) is 3.86. The molecule has 1 heterocycles. The maximum atomic E-state index is 11.9. The number of carbonyl (C=O) groups excluding carboxylic acids is 2. The van der Waals surface area contributed by atoms with E-state index >= 15 is 0 Å². The molecule has 6 nitrogen and oxygen atoms in total. The summed E-state index contributed by atoms with van der Waals surface area (Å²) in [6.07, 6.45) is 1.35. The van der Waals surface area contributed by atoms with Crippen molar-refractivity contribution < 1.29 is 9.59 Å². The van der Waals surface area contributed by atoms with Crippen molar-refractivity contribution in [2.24, 2.45) is 5.10 Å². The van der Waals surface area contributed by atoms with Gasteiger partial charge in [0.1, 0.15) is 5.15 Å². The van der Waals surface area contributed by atoms with Gasteiger partial charge in [-0.3, -0.25) is 9.59 Å². The minimum absolute atomic E-state index is 0.255. The van der Waals surface area contributed by atoms with E-state index in [0.717, 1.165) is 16.5 Å². The number of carbonyl (C=O) groups is 2. The number of amides is 2. The van der Waals surface area contributed by atoms with Gasteiger partial charge in [-0.05, 0) is 36.8 Å². The van der Waals surface area contributed by atoms with Crippen molar-refractivity contribution >= 4 is 46.2 Å². The Bertz CT molecular complexity index is 1020. The highest BCUT2D eigenvalue weighted by atomic mass is 35.5. The summed E-state index contributed by atoms with van der Waals surface area (Å²) in [6.45, 7) is 1.89. The van der Waals surface area contributed by atoms with E-state index < -0.39 is 11.8 Å². The van der Waals surface area contributed by atoms with Crippen LogP contribution in [0, 0.1) is 6.92 Å². The predicted molar refractivity (Wildman–Crippen MR) is 102 cm³/mol. The number of hydrogen-bond donors (Lipinski definition) is 2. The standard InChI is InChI=1S/C19H15ClN4O2/c1-12-5-4-7-15(9-12)22-18(25)19(26)24-21-11-14-10-13-6-2-3-8-16(13)23-17(14)20/h2-11H,1H3,(H,22,25)(H,24,26)/b21-11+. The lowest BCUT2D eigenvalue weighted by atomic mass is 10.2. The number of rotatable bonds is 3. The molecular weight excluding hydrogens is 352 g/mol. The molecule has 26 heavy (non-hydrogen) atoms. The average molecular weight is 367 g/mol. The minimum atomic E-state index is -0.882. The van der Waals surface area contributed by atoms with Gasteiger partial charge in [-0.2, -0.15) is 5.10 Å².